The molecule has 0 unspecified atom stereocenters. The summed E-state index contributed by atoms with van der Waals surface area (Å²) in [6.45, 7) is 0.981. The van der Waals surface area contributed by atoms with Crippen molar-refractivity contribution in [3.05, 3.63) is 89.5 Å². The van der Waals surface area contributed by atoms with Gasteiger partial charge < -0.3 is 14.2 Å². The number of imidazole rings is 1. The maximum atomic E-state index is 13.1. The van der Waals surface area contributed by atoms with Crippen LogP contribution in [0.25, 0.3) is 0 Å². The number of carbonyl (C=O) groups is 2. The van der Waals surface area contributed by atoms with E-state index in [2.05, 4.69) is 17.1 Å². The first-order chi connectivity index (χ1) is 13.7. The summed E-state index contributed by atoms with van der Waals surface area (Å²) in [5.74, 6) is -0.610. The van der Waals surface area contributed by atoms with Crippen LogP contribution >= 0.6 is 0 Å². The highest BCUT2D eigenvalue weighted by Gasteiger charge is 2.37. The van der Waals surface area contributed by atoms with Crippen LogP contribution in [0.3, 0.4) is 0 Å². The fraction of sp³-hybridized carbons (Fsp3) is 0.227. The summed E-state index contributed by atoms with van der Waals surface area (Å²) in [5, 5.41) is 0. The van der Waals surface area contributed by atoms with Gasteiger partial charge in [-0.2, -0.15) is 0 Å². The molecule has 1 aliphatic rings. The Hall–Kier alpha value is -3.41. The molecule has 0 saturated heterocycles. The molecule has 1 aromatic heterocycles. The third kappa shape index (κ3) is 3.41. The summed E-state index contributed by atoms with van der Waals surface area (Å²) >= 11 is 0. The second-order valence-electron chi connectivity index (χ2n) is 6.79. The van der Waals surface area contributed by atoms with Gasteiger partial charge >= 0.3 is 5.97 Å². The Bertz CT molecular complexity index is 983. The molecule has 142 valence electrons. The molecule has 0 aliphatic carbocycles. The van der Waals surface area contributed by atoms with Gasteiger partial charge in [-0.05, 0) is 17.7 Å². The van der Waals surface area contributed by atoms with Gasteiger partial charge in [0.15, 0.2) is 0 Å². The van der Waals surface area contributed by atoms with Crippen LogP contribution < -0.4 is 0 Å². The van der Waals surface area contributed by atoms with Crippen molar-refractivity contribution < 1.29 is 14.3 Å². The lowest BCUT2D eigenvalue weighted by atomic mass is 10.0. The number of esters is 1. The second-order valence-corrected chi connectivity index (χ2v) is 6.79. The monoisotopic (exact) mass is 375 g/mol. The highest BCUT2D eigenvalue weighted by molar-refractivity contribution is 5.97. The zero-order valence-electron chi connectivity index (χ0n) is 15.6. The van der Waals surface area contributed by atoms with Crippen molar-refractivity contribution in [2.24, 2.45) is 0 Å². The molecule has 0 radical (unpaired) electrons. The van der Waals surface area contributed by atoms with E-state index in [-0.39, 0.29) is 5.91 Å². The van der Waals surface area contributed by atoms with Gasteiger partial charge in [0, 0.05) is 18.5 Å². The molecule has 4 rings (SSSR count). The molecule has 0 spiro atoms. The zero-order valence-corrected chi connectivity index (χ0v) is 15.6. The molecule has 1 aliphatic heterocycles. The van der Waals surface area contributed by atoms with Crippen LogP contribution in [0.1, 0.15) is 27.3 Å². The first-order valence-corrected chi connectivity index (χ1v) is 9.18. The summed E-state index contributed by atoms with van der Waals surface area (Å²) in [4.78, 5) is 31.6. The van der Waals surface area contributed by atoms with Crippen LogP contribution in [0.5, 0.6) is 0 Å². The van der Waals surface area contributed by atoms with Gasteiger partial charge in [-0.15, -0.1) is 0 Å². The summed E-state index contributed by atoms with van der Waals surface area (Å²) in [7, 11) is 1.34. The van der Waals surface area contributed by atoms with E-state index in [9.17, 15) is 9.59 Å². The molecule has 6 heteroatoms. The average Bonchev–Trinajstić information content (AvgIpc) is 3.14. The van der Waals surface area contributed by atoms with Crippen molar-refractivity contribution in [3.63, 3.8) is 0 Å². The van der Waals surface area contributed by atoms with Crippen molar-refractivity contribution >= 4 is 11.9 Å². The van der Waals surface area contributed by atoms with Crippen LogP contribution in [0.4, 0.5) is 0 Å². The van der Waals surface area contributed by atoms with E-state index in [4.69, 9.17) is 4.74 Å². The number of carbonyl (C=O) groups excluding carboxylic acids is 2. The summed E-state index contributed by atoms with van der Waals surface area (Å²) in [6, 6.07) is 18.4. The van der Waals surface area contributed by atoms with Gasteiger partial charge in [0.05, 0.1) is 31.4 Å². The predicted octanol–water partition coefficient (Wildman–Crippen LogP) is 2.67. The molecule has 1 amide bonds. The average molecular weight is 375 g/mol. The Balaban J connectivity index is 1.67. The normalized spacial score (nSPS) is 15.8. The van der Waals surface area contributed by atoms with E-state index in [0.717, 1.165) is 17.0 Å². The topological polar surface area (TPSA) is 64.4 Å². The van der Waals surface area contributed by atoms with E-state index in [1.54, 1.807) is 23.4 Å². The van der Waals surface area contributed by atoms with Gasteiger partial charge in [0.25, 0.3) is 5.91 Å². The quantitative estimate of drug-likeness (QED) is 0.658. The number of nitrogens with zero attached hydrogens (tertiary/aromatic N) is 3. The van der Waals surface area contributed by atoms with Gasteiger partial charge in [-0.25, -0.2) is 9.78 Å². The Morgan fingerprint density at radius 2 is 1.75 bits per heavy atom. The van der Waals surface area contributed by atoms with Gasteiger partial charge in [-0.1, -0.05) is 48.5 Å². The fourth-order valence-electron chi connectivity index (χ4n) is 3.59. The maximum Gasteiger partial charge on any atom is 0.329 e. The van der Waals surface area contributed by atoms with Crippen molar-refractivity contribution in [1.82, 2.24) is 14.5 Å². The van der Waals surface area contributed by atoms with Crippen LogP contribution in [-0.4, -0.2) is 39.5 Å². The van der Waals surface area contributed by atoms with Crippen LogP contribution in [0, 0.1) is 0 Å². The Morgan fingerprint density at radius 3 is 2.43 bits per heavy atom. The zero-order chi connectivity index (χ0) is 19.5. The van der Waals surface area contributed by atoms with Gasteiger partial charge in [0.2, 0.25) is 0 Å². The Labute approximate surface area is 163 Å². The molecular weight excluding hydrogens is 354 g/mol. The number of amides is 1. The second kappa shape index (κ2) is 7.68. The molecule has 0 bridgehead atoms. The van der Waals surface area contributed by atoms with E-state index in [1.165, 1.54) is 7.11 Å². The standard InChI is InChI=1S/C22H21N3O3/c1-28-22(27)19-12-18-20(14-25(19)21(26)17-10-6-3-7-11-17)24(15-23-18)13-16-8-4-2-5-9-16/h2-11,15,19H,12-14H2,1H3/t19-/m0/s1. The van der Waals surface area contributed by atoms with E-state index in [1.807, 2.05) is 41.0 Å². The smallest absolute Gasteiger partial charge is 0.329 e. The van der Waals surface area contributed by atoms with E-state index < -0.39 is 12.0 Å². The van der Waals surface area contributed by atoms with Crippen molar-refractivity contribution in [3.8, 4) is 0 Å². The largest absolute Gasteiger partial charge is 0.467 e. The van der Waals surface area contributed by atoms with Crippen LogP contribution in [0.15, 0.2) is 67.0 Å². The first kappa shape index (κ1) is 18.0. The SMILES string of the molecule is COC(=O)[C@@H]1Cc2ncn(Cc3ccccc3)c2CN1C(=O)c1ccccc1. The molecule has 3 aromatic rings. The summed E-state index contributed by atoms with van der Waals surface area (Å²) in [5.41, 5.74) is 3.49. The van der Waals surface area contributed by atoms with Crippen molar-refractivity contribution in [1.29, 1.82) is 0 Å². The first-order valence-electron chi connectivity index (χ1n) is 9.18. The number of ether oxygens (including phenoxy) is 1. The predicted molar refractivity (Wildman–Crippen MR) is 104 cm³/mol. The van der Waals surface area contributed by atoms with E-state index in [0.29, 0.717) is 25.1 Å². The lowest BCUT2D eigenvalue weighted by molar-refractivity contribution is -0.146. The lowest BCUT2D eigenvalue weighted by Crippen LogP contribution is -2.49. The highest BCUT2D eigenvalue weighted by Crippen LogP contribution is 2.26. The minimum atomic E-state index is -0.676. The number of fused-ring (bicyclic) bond motifs is 1. The molecule has 0 fully saturated rings. The number of hydrogen-bond donors (Lipinski definition) is 0. The summed E-state index contributed by atoms with van der Waals surface area (Å²) in [6.07, 6.45) is 2.13. The fourth-order valence-corrected chi connectivity index (χ4v) is 3.59. The molecule has 1 atom stereocenters. The molecule has 2 aromatic carbocycles. The summed E-state index contributed by atoms with van der Waals surface area (Å²) < 4.78 is 7.00. The van der Waals surface area contributed by atoms with Crippen LogP contribution in [0.2, 0.25) is 0 Å². The number of benzene rings is 2. The Morgan fingerprint density at radius 1 is 1.07 bits per heavy atom. The Kier molecular flexibility index (Phi) is 4.93. The molecule has 2 heterocycles. The third-order valence-corrected chi connectivity index (χ3v) is 5.07. The molecule has 0 saturated carbocycles. The molecular formula is C22H21N3O3. The molecule has 6 nitrogen and oxygen atoms in total. The molecule has 0 N–H and O–H groups in total. The number of methoxy groups -OCH3 is 1. The molecule has 28 heavy (non-hydrogen) atoms. The minimum absolute atomic E-state index is 0.186. The highest BCUT2D eigenvalue weighted by atomic mass is 16.5. The maximum absolute atomic E-state index is 13.1. The number of rotatable bonds is 4. The number of aromatic nitrogens is 2. The van der Waals surface area contributed by atoms with Crippen molar-refractivity contribution in [2.45, 2.75) is 25.6 Å². The minimum Gasteiger partial charge on any atom is -0.467 e. The third-order valence-electron chi connectivity index (χ3n) is 5.07. The van der Waals surface area contributed by atoms with E-state index >= 15 is 0 Å². The number of hydrogen-bond acceptors (Lipinski definition) is 4. The van der Waals surface area contributed by atoms with Gasteiger partial charge in [0.1, 0.15) is 6.04 Å². The van der Waals surface area contributed by atoms with Gasteiger partial charge in [-0.3, -0.25) is 4.79 Å². The lowest BCUT2D eigenvalue weighted by Gasteiger charge is -2.34. The van der Waals surface area contributed by atoms with Crippen LogP contribution in [-0.2, 0) is 29.0 Å². The van der Waals surface area contributed by atoms with Crippen molar-refractivity contribution in [2.75, 3.05) is 7.11 Å².